The first-order valence-electron chi connectivity index (χ1n) is 9.66. The van der Waals surface area contributed by atoms with Crippen LogP contribution in [0, 0.1) is 5.92 Å². The molecule has 3 rings (SSSR count). The number of rotatable bonds is 8. The Morgan fingerprint density at radius 2 is 1.90 bits per heavy atom. The highest BCUT2D eigenvalue weighted by Crippen LogP contribution is 2.23. The summed E-state index contributed by atoms with van der Waals surface area (Å²) < 4.78 is 9.56. The molecule has 0 amide bonds. The summed E-state index contributed by atoms with van der Waals surface area (Å²) in [5.41, 5.74) is -0.441. The third-order valence-corrected chi connectivity index (χ3v) is 4.99. The fraction of sp³-hybridized carbons (Fsp3) is 0.450. The van der Waals surface area contributed by atoms with Crippen LogP contribution in [0.15, 0.2) is 33.9 Å². The van der Waals surface area contributed by atoms with Crippen molar-refractivity contribution in [3.63, 3.8) is 0 Å². The number of ether oxygens (including phenoxy) is 1. The van der Waals surface area contributed by atoms with Crippen LogP contribution < -0.4 is 21.3 Å². The van der Waals surface area contributed by atoms with Crippen LogP contribution in [0.4, 0.5) is 5.95 Å². The van der Waals surface area contributed by atoms with Gasteiger partial charge in [-0.1, -0.05) is 37.6 Å². The second-order valence-corrected chi connectivity index (χ2v) is 8.00. The number of hydrogen-bond acceptors (Lipinski definition) is 6. The molecule has 1 aromatic carbocycles. The standard InChI is InChI=1S/C20H26ClN5O4/c1-12(2)9-22-19-23-17-16(18(28)25(4)20(29)24(17)3)26(19)10-13(27)11-30-15-8-6-5-7-14(15)21/h5-8,12-13,27H,9-11H2,1-4H3,(H,22,23)/t13-/m1/s1. The van der Waals surface area contributed by atoms with Gasteiger partial charge in [0.05, 0.1) is 11.6 Å². The van der Waals surface area contributed by atoms with Gasteiger partial charge in [-0.2, -0.15) is 4.98 Å². The minimum atomic E-state index is -0.944. The van der Waals surface area contributed by atoms with Crippen molar-refractivity contribution in [1.82, 2.24) is 18.7 Å². The number of imidazole rings is 1. The molecule has 0 bridgehead atoms. The van der Waals surface area contributed by atoms with E-state index in [2.05, 4.69) is 10.3 Å². The van der Waals surface area contributed by atoms with Crippen LogP contribution in [0.1, 0.15) is 13.8 Å². The van der Waals surface area contributed by atoms with Gasteiger partial charge in [0.2, 0.25) is 5.95 Å². The Kier molecular flexibility index (Phi) is 6.52. The molecular weight excluding hydrogens is 410 g/mol. The number of halogens is 1. The van der Waals surface area contributed by atoms with Crippen molar-refractivity contribution in [1.29, 1.82) is 0 Å². The van der Waals surface area contributed by atoms with Crippen LogP contribution in [0.25, 0.3) is 11.2 Å². The molecule has 0 fully saturated rings. The van der Waals surface area contributed by atoms with Crippen LogP contribution in [-0.4, -0.2) is 43.0 Å². The molecule has 0 aliphatic rings. The Labute approximate surface area is 178 Å². The summed E-state index contributed by atoms with van der Waals surface area (Å²) in [6.07, 6.45) is -0.944. The minimum Gasteiger partial charge on any atom is -0.489 e. The molecule has 2 N–H and O–H groups in total. The van der Waals surface area contributed by atoms with E-state index in [1.165, 1.54) is 11.6 Å². The highest BCUT2D eigenvalue weighted by Gasteiger charge is 2.21. The van der Waals surface area contributed by atoms with E-state index < -0.39 is 17.4 Å². The Morgan fingerprint density at radius 1 is 1.20 bits per heavy atom. The number of nitrogens with one attached hydrogen (secondary N) is 1. The number of para-hydroxylation sites is 1. The first kappa shape index (κ1) is 21.9. The molecule has 0 saturated carbocycles. The summed E-state index contributed by atoms with van der Waals surface area (Å²) >= 11 is 6.09. The number of anilines is 1. The van der Waals surface area contributed by atoms with Crippen molar-refractivity contribution < 1.29 is 9.84 Å². The van der Waals surface area contributed by atoms with Crippen LogP contribution >= 0.6 is 11.6 Å². The molecule has 30 heavy (non-hydrogen) atoms. The molecule has 10 heteroatoms. The monoisotopic (exact) mass is 435 g/mol. The highest BCUT2D eigenvalue weighted by atomic mass is 35.5. The smallest absolute Gasteiger partial charge is 0.332 e. The lowest BCUT2D eigenvalue weighted by Gasteiger charge is -2.17. The van der Waals surface area contributed by atoms with Crippen molar-refractivity contribution in [2.24, 2.45) is 20.0 Å². The van der Waals surface area contributed by atoms with Gasteiger partial charge in [0.25, 0.3) is 5.56 Å². The second kappa shape index (κ2) is 8.93. The molecule has 0 spiro atoms. The summed E-state index contributed by atoms with van der Waals surface area (Å²) in [5.74, 6) is 1.21. The van der Waals surface area contributed by atoms with Crippen molar-refractivity contribution in [2.75, 3.05) is 18.5 Å². The summed E-state index contributed by atoms with van der Waals surface area (Å²) in [6.45, 7) is 4.72. The van der Waals surface area contributed by atoms with Gasteiger partial charge >= 0.3 is 5.69 Å². The molecule has 1 atom stereocenters. The molecule has 3 aromatic rings. The van der Waals surface area contributed by atoms with Crippen LogP contribution in [-0.2, 0) is 20.6 Å². The van der Waals surface area contributed by atoms with Crippen molar-refractivity contribution in [3.05, 3.63) is 50.1 Å². The zero-order chi connectivity index (χ0) is 22.0. The van der Waals surface area contributed by atoms with E-state index in [4.69, 9.17) is 16.3 Å². The van der Waals surface area contributed by atoms with Crippen molar-refractivity contribution >= 4 is 28.7 Å². The highest BCUT2D eigenvalue weighted by molar-refractivity contribution is 6.32. The number of benzene rings is 1. The van der Waals surface area contributed by atoms with Gasteiger partial charge in [-0.3, -0.25) is 13.9 Å². The average molecular weight is 436 g/mol. The zero-order valence-corrected chi connectivity index (χ0v) is 18.2. The summed E-state index contributed by atoms with van der Waals surface area (Å²) in [5, 5.41) is 14.2. The summed E-state index contributed by atoms with van der Waals surface area (Å²) in [4.78, 5) is 29.5. The van der Waals surface area contributed by atoms with Crippen molar-refractivity contribution in [2.45, 2.75) is 26.5 Å². The van der Waals surface area contributed by atoms with Crippen LogP contribution in [0.3, 0.4) is 0 Å². The van der Waals surface area contributed by atoms with E-state index in [0.29, 0.717) is 29.2 Å². The quantitative estimate of drug-likeness (QED) is 0.557. The first-order chi connectivity index (χ1) is 14.2. The molecule has 0 unspecified atom stereocenters. The van der Waals surface area contributed by atoms with E-state index in [1.807, 2.05) is 13.8 Å². The van der Waals surface area contributed by atoms with Gasteiger partial charge in [-0.15, -0.1) is 0 Å². The molecular formula is C20H26ClN5O4. The normalized spacial score (nSPS) is 12.5. The second-order valence-electron chi connectivity index (χ2n) is 7.59. The molecule has 0 aliphatic carbocycles. The van der Waals surface area contributed by atoms with Gasteiger partial charge < -0.3 is 19.7 Å². The fourth-order valence-electron chi connectivity index (χ4n) is 3.07. The topological polar surface area (TPSA) is 103 Å². The number of fused-ring (bicyclic) bond motifs is 1. The predicted octanol–water partition coefficient (Wildman–Crippen LogP) is 1.59. The molecule has 2 heterocycles. The average Bonchev–Trinajstić information content (AvgIpc) is 3.06. The molecule has 0 radical (unpaired) electrons. The molecule has 0 saturated heterocycles. The first-order valence-corrected chi connectivity index (χ1v) is 10.0. The van der Waals surface area contributed by atoms with Gasteiger partial charge in [-0.25, -0.2) is 4.79 Å². The number of nitrogens with zero attached hydrogens (tertiary/aromatic N) is 4. The number of aromatic nitrogens is 4. The maximum atomic E-state index is 12.8. The van der Waals surface area contributed by atoms with E-state index in [-0.39, 0.29) is 24.3 Å². The molecule has 2 aromatic heterocycles. The maximum Gasteiger partial charge on any atom is 0.332 e. The molecule has 162 valence electrons. The van der Waals surface area contributed by atoms with Gasteiger partial charge in [0.15, 0.2) is 11.2 Å². The van der Waals surface area contributed by atoms with Gasteiger partial charge in [0.1, 0.15) is 18.5 Å². The number of aliphatic hydroxyl groups is 1. The van der Waals surface area contributed by atoms with E-state index >= 15 is 0 Å². The lowest BCUT2D eigenvalue weighted by Crippen LogP contribution is -2.38. The van der Waals surface area contributed by atoms with E-state index in [1.54, 1.807) is 35.9 Å². The van der Waals surface area contributed by atoms with Crippen LogP contribution in [0.5, 0.6) is 5.75 Å². The number of hydrogen-bond donors (Lipinski definition) is 2. The molecule has 0 aliphatic heterocycles. The van der Waals surface area contributed by atoms with Crippen LogP contribution in [0.2, 0.25) is 5.02 Å². The number of aryl methyl sites for hydroxylation is 1. The Bertz CT molecular complexity index is 1160. The fourth-order valence-corrected chi connectivity index (χ4v) is 3.26. The Balaban J connectivity index is 1.95. The van der Waals surface area contributed by atoms with E-state index in [0.717, 1.165) is 4.57 Å². The lowest BCUT2D eigenvalue weighted by molar-refractivity contribution is 0.0938. The van der Waals surface area contributed by atoms with E-state index in [9.17, 15) is 14.7 Å². The lowest BCUT2D eigenvalue weighted by atomic mass is 10.2. The predicted molar refractivity (Wildman–Crippen MR) is 116 cm³/mol. The number of aliphatic hydroxyl groups excluding tert-OH is 1. The summed E-state index contributed by atoms with van der Waals surface area (Å²) in [7, 11) is 2.98. The van der Waals surface area contributed by atoms with Gasteiger partial charge in [0, 0.05) is 20.6 Å². The Morgan fingerprint density at radius 3 is 2.57 bits per heavy atom. The summed E-state index contributed by atoms with van der Waals surface area (Å²) in [6, 6.07) is 6.98. The minimum absolute atomic E-state index is 0.0287. The molecule has 9 nitrogen and oxygen atoms in total. The SMILES string of the molecule is CC(C)CNc1nc2c(c(=O)n(C)c(=O)n2C)n1C[C@@H](O)COc1ccccc1Cl. The largest absolute Gasteiger partial charge is 0.489 e. The maximum absolute atomic E-state index is 12.8. The third kappa shape index (κ3) is 4.36. The Hall–Kier alpha value is -2.78. The van der Waals surface area contributed by atoms with Gasteiger partial charge in [-0.05, 0) is 18.1 Å². The zero-order valence-electron chi connectivity index (χ0n) is 17.4. The van der Waals surface area contributed by atoms with Crippen molar-refractivity contribution in [3.8, 4) is 5.75 Å². The third-order valence-electron chi connectivity index (χ3n) is 4.68.